The van der Waals surface area contributed by atoms with Crippen LogP contribution in [0.25, 0.3) is 0 Å². The standard InChI is InChI=1S/C14H18F3NO/c1-13(2,19)8-11-7-9-6-10(14(15,16)17)4-5-12(9)18(11)3/h4-6,11,19H,7-8H2,1-3H3. The molecule has 106 valence electrons. The van der Waals surface area contributed by atoms with Crippen molar-refractivity contribution in [3.8, 4) is 0 Å². The Labute approximate surface area is 110 Å². The Kier molecular flexibility index (Phi) is 3.29. The van der Waals surface area contributed by atoms with Crippen molar-refractivity contribution in [2.45, 2.75) is 44.5 Å². The number of halogens is 3. The minimum absolute atomic E-state index is 0.0403. The molecular formula is C14H18F3NO. The largest absolute Gasteiger partial charge is 0.416 e. The van der Waals surface area contributed by atoms with Crippen molar-refractivity contribution in [3.63, 3.8) is 0 Å². The third kappa shape index (κ3) is 3.03. The van der Waals surface area contributed by atoms with E-state index in [2.05, 4.69) is 0 Å². The molecule has 0 radical (unpaired) electrons. The van der Waals surface area contributed by atoms with Crippen LogP contribution in [-0.2, 0) is 12.6 Å². The summed E-state index contributed by atoms with van der Waals surface area (Å²) >= 11 is 0. The van der Waals surface area contributed by atoms with Crippen molar-refractivity contribution in [1.82, 2.24) is 0 Å². The van der Waals surface area contributed by atoms with Gasteiger partial charge in [-0.3, -0.25) is 0 Å². The van der Waals surface area contributed by atoms with Gasteiger partial charge in [0.05, 0.1) is 11.2 Å². The molecule has 0 aliphatic carbocycles. The zero-order valence-electron chi connectivity index (χ0n) is 11.3. The summed E-state index contributed by atoms with van der Waals surface area (Å²) < 4.78 is 38.0. The highest BCUT2D eigenvalue weighted by molar-refractivity contribution is 5.60. The Morgan fingerprint density at radius 3 is 2.47 bits per heavy atom. The van der Waals surface area contributed by atoms with Crippen LogP contribution in [0.4, 0.5) is 18.9 Å². The average Bonchev–Trinajstić information content (AvgIpc) is 2.52. The normalized spacial score (nSPS) is 19.7. The van der Waals surface area contributed by atoms with Crippen molar-refractivity contribution in [2.24, 2.45) is 0 Å². The van der Waals surface area contributed by atoms with Crippen LogP contribution in [0.1, 0.15) is 31.4 Å². The maximum atomic E-state index is 12.7. The maximum Gasteiger partial charge on any atom is 0.416 e. The van der Waals surface area contributed by atoms with Gasteiger partial charge in [0.1, 0.15) is 0 Å². The molecule has 0 fully saturated rings. The molecule has 1 atom stereocenters. The van der Waals surface area contributed by atoms with E-state index in [-0.39, 0.29) is 6.04 Å². The molecule has 1 unspecified atom stereocenters. The van der Waals surface area contributed by atoms with Crippen LogP contribution in [0.2, 0.25) is 0 Å². The van der Waals surface area contributed by atoms with Gasteiger partial charge in [-0.15, -0.1) is 0 Å². The molecule has 1 heterocycles. The van der Waals surface area contributed by atoms with Gasteiger partial charge in [0.2, 0.25) is 0 Å². The first-order valence-corrected chi connectivity index (χ1v) is 6.23. The van der Waals surface area contributed by atoms with Crippen molar-refractivity contribution in [1.29, 1.82) is 0 Å². The second-order valence-electron chi connectivity index (χ2n) is 5.83. The van der Waals surface area contributed by atoms with Crippen molar-refractivity contribution < 1.29 is 18.3 Å². The number of fused-ring (bicyclic) bond motifs is 1. The molecule has 1 aliphatic rings. The Hall–Kier alpha value is -1.23. The van der Waals surface area contributed by atoms with E-state index in [1.165, 1.54) is 12.1 Å². The zero-order valence-corrected chi connectivity index (χ0v) is 11.3. The molecule has 1 aromatic rings. The highest BCUT2D eigenvalue weighted by atomic mass is 19.4. The van der Waals surface area contributed by atoms with Crippen LogP contribution in [-0.4, -0.2) is 23.8 Å². The molecule has 0 saturated heterocycles. The highest BCUT2D eigenvalue weighted by Crippen LogP contribution is 2.38. The van der Waals surface area contributed by atoms with E-state index in [4.69, 9.17) is 0 Å². The minimum Gasteiger partial charge on any atom is -0.390 e. The van der Waals surface area contributed by atoms with E-state index >= 15 is 0 Å². The van der Waals surface area contributed by atoms with E-state index in [0.717, 1.165) is 11.8 Å². The number of aliphatic hydroxyl groups is 1. The highest BCUT2D eigenvalue weighted by Gasteiger charge is 2.35. The monoisotopic (exact) mass is 273 g/mol. The van der Waals surface area contributed by atoms with E-state index in [9.17, 15) is 18.3 Å². The molecule has 1 aliphatic heterocycles. The number of likely N-dealkylation sites (N-methyl/N-ethyl adjacent to an activating group) is 1. The number of rotatable bonds is 2. The molecular weight excluding hydrogens is 255 g/mol. The maximum absolute atomic E-state index is 12.7. The summed E-state index contributed by atoms with van der Waals surface area (Å²) in [4.78, 5) is 1.95. The molecule has 0 aromatic heterocycles. The number of alkyl halides is 3. The molecule has 1 N–H and O–H groups in total. The number of hydrogen-bond donors (Lipinski definition) is 1. The van der Waals surface area contributed by atoms with Gasteiger partial charge in [0.25, 0.3) is 0 Å². The van der Waals surface area contributed by atoms with Gasteiger partial charge < -0.3 is 10.0 Å². The molecule has 2 nitrogen and oxygen atoms in total. The summed E-state index contributed by atoms with van der Waals surface area (Å²) in [7, 11) is 1.86. The van der Waals surface area contributed by atoms with E-state index in [1.54, 1.807) is 13.8 Å². The van der Waals surface area contributed by atoms with Gasteiger partial charge in [0.15, 0.2) is 0 Å². The van der Waals surface area contributed by atoms with Crippen molar-refractivity contribution in [2.75, 3.05) is 11.9 Å². The molecule has 0 saturated carbocycles. The van der Waals surface area contributed by atoms with Gasteiger partial charge in [-0.25, -0.2) is 0 Å². The summed E-state index contributed by atoms with van der Waals surface area (Å²) in [6.07, 6.45) is -3.23. The summed E-state index contributed by atoms with van der Waals surface area (Å²) in [6, 6.07) is 3.89. The lowest BCUT2D eigenvalue weighted by molar-refractivity contribution is -0.137. The summed E-state index contributed by atoms with van der Waals surface area (Å²) in [5, 5.41) is 9.85. The SMILES string of the molecule is CN1c2ccc(C(F)(F)F)cc2CC1CC(C)(C)O. The Balaban J connectivity index is 2.26. The molecule has 19 heavy (non-hydrogen) atoms. The minimum atomic E-state index is -4.30. The first kappa shape index (κ1) is 14.2. The Bertz CT molecular complexity index is 477. The van der Waals surface area contributed by atoms with Crippen LogP contribution >= 0.6 is 0 Å². The summed E-state index contributed by atoms with van der Waals surface area (Å²) in [6.45, 7) is 3.43. The predicted molar refractivity (Wildman–Crippen MR) is 68.3 cm³/mol. The number of nitrogens with zero attached hydrogens (tertiary/aromatic N) is 1. The molecule has 0 amide bonds. The molecule has 0 bridgehead atoms. The van der Waals surface area contributed by atoms with Gasteiger partial charge in [-0.2, -0.15) is 13.2 Å². The fourth-order valence-electron chi connectivity index (χ4n) is 2.64. The first-order chi connectivity index (χ1) is 8.58. The fraction of sp³-hybridized carbons (Fsp3) is 0.571. The first-order valence-electron chi connectivity index (χ1n) is 6.23. The number of hydrogen-bond acceptors (Lipinski definition) is 2. The van der Waals surface area contributed by atoms with Crippen LogP contribution in [0.3, 0.4) is 0 Å². The second-order valence-corrected chi connectivity index (χ2v) is 5.83. The van der Waals surface area contributed by atoms with Crippen molar-refractivity contribution >= 4 is 5.69 Å². The average molecular weight is 273 g/mol. The van der Waals surface area contributed by atoms with Crippen LogP contribution in [0.15, 0.2) is 18.2 Å². The lowest BCUT2D eigenvalue weighted by Crippen LogP contribution is -2.35. The quantitative estimate of drug-likeness (QED) is 0.894. The van der Waals surface area contributed by atoms with E-state index in [0.29, 0.717) is 18.4 Å². The van der Waals surface area contributed by atoms with E-state index < -0.39 is 17.3 Å². The number of anilines is 1. The molecule has 2 rings (SSSR count). The molecule has 1 aromatic carbocycles. The van der Waals surface area contributed by atoms with Crippen LogP contribution in [0, 0.1) is 0 Å². The number of benzene rings is 1. The van der Waals surface area contributed by atoms with Gasteiger partial charge in [-0.05, 0) is 50.5 Å². The fourth-order valence-corrected chi connectivity index (χ4v) is 2.64. The Morgan fingerprint density at radius 2 is 1.95 bits per heavy atom. The van der Waals surface area contributed by atoms with E-state index in [1.807, 2.05) is 11.9 Å². The summed E-state index contributed by atoms with van der Waals surface area (Å²) in [5.41, 5.74) is 0.0887. The second kappa shape index (κ2) is 4.40. The van der Waals surface area contributed by atoms with Gasteiger partial charge in [0, 0.05) is 18.8 Å². The zero-order chi connectivity index (χ0) is 14.4. The summed E-state index contributed by atoms with van der Waals surface area (Å²) in [5.74, 6) is 0. The topological polar surface area (TPSA) is 23.5 Å². The van der Waals surface area contributed by atoms with Gasteiger partial charge in [-0.1, -0.05) is 0 Å². The Morgan fingerprint density at radius 1 is 1.32 bits per heavy atom. The third-order valence-electron chi connectivity index (χ3n) is 3.53. The predicted octanol–water partition coefficient (Wildman–Crippen LogP) is 3.23. The molecule has 5 heteroatoms. The van der Waals surface area contributed by atoms with Crippen molar-refractivity contribution in [3.05, 3.63) is 29.3 Å². The lowest BCUT2D eigenvalue weighted by Gasteiger charge is -2.28. The van der Waals surface area contributed by atoms with Crippen LogP contribution < -0.4 is 4.90 Å². The van der Waals surface area contributed by atoms with Crippen LogP contribution in [0.5, 0.6) is 0 Å². The van der Waals surface area contributed by atoms with Gasteiger partial charge >= 0.3 is 6.18 Å². The molecule has 0 spiro atoms. The smallest absolute Gasteiger partial charge is 0.390 e. The third-order valence-corrected chi connectivity index (χ3v) is 3.53. The lowest BCUT2D eigenvalue weighted by atomic mass is 9.96.